The van der Waals surface area contributed by atoms with Gasteiger partial charge in [0.15, 0.2) is 0 Å². The third-order valence-corrected chi connectivity index (χ3v) is 5.40. The molecular formula is C18H11F3N4O3S. The fourth-order valence-electron chi connectivity index (χ4n) is 2.66. The van der Waals surface area contributed by atoms with Gasteiger partial charge in [0.1, 0.15) is 0 Å². The highest BCUT2D eigenvalue weighted by Crippen LogP contribution is 2.30. The lowest BCUT2D eigenvalue weighted by atomic mass is 10.2. The van der Waals surface area contributed by atoms with E-state index in [-0.39, 0.29) is 22.0 Å². The van der Waals surface area contributed by atoms with Crippen LogP contribution in [0.2, 0.25) is 0 Å². The lowest BCUT2D eigenvalue weighted by molar-refractivity contribution is -0.159. The molecule has 0 unspecified atom stereocenters. The van der Waals surface area contributed by atoms with Crippen molar-refractivity contribution in [3.8, 4) is 11.4 Å². The second-order valence-electron chi connectivity index (χ2n) is 5.93. The summed E-state index contributed by atoms with van der Waals surface area (Å²) >= 11 is 0. The van der Waals surface area contributed by atoms with Crippen molar-refractivity contribution in [3.63, 3.8) is 0 Å². The summed E-state index contributed by atoms with van der Waals surface area (Å²) < 4.78 is 69.9. The molecule has 4 rings (SSSR count). The van der Waals surface area contributed by atoms with Gasteiger partial charge >= 0.3 is 12.1 Å². The molecular weight excluding hydrogens is 409 g/mol. The van der Waals surface area contributed by atoms with Crippen molar-refractivity contribution in [2.75, 3.05) is 4.72 Å². The van der Waals surface area contributed by atoms with Gasteiger partial charge in [-0.05, 0) is 48.5 Å². The summed E-state index contributed by atoms with van der Waals surface area (Å²) in [6.07, 6.45) is -3.18. The monoisotopic (exact) mass is 420 g/mol. The first-order valence-corrected chi connectivity index (χ1v) is 9.60. The summed E-state index contributed by atoms with van der Waals surface area (Å²) in [6, 6.07) is 13.6. The van der Waals surface area contributed by atoms with Crippen molar-refractivity contribution in [2.24, 2.45) is 0 Å². The number of nitrogens with zero attached hydrogens (tertiary/aromatic N) is 3. The van der Waals surface area contributed by atoms with Crippen molar-refractivity contribution >= 4 is 26.6 Å². The van der Waals surface area contributed by atoms with Crippen molar-refractivity contribution in [2.45, 2.75) is 11.1 Å². The molecule has 0 spiro atoms. The molecule has 0 amide bonds. The molecule has 2 aromatic heterocycles. The third-order valence-electron chi connectivity index (χ3n) is 3.96. The Bertz CT molecular complexity index is 1280. The topological polar surface area (TPSA) is 98.0 Å². The molecule has 2 heterocycles. The fourth-order valence-corrected chi connectivity index (χ4v) is 3.94. The van der Waals surface area contributed by atoms with Gasteiger partial charge in [-0.15, -0.1) is 0 Å². The molecule has 29 heavy (non-hydrogen) atoms. The van der Waals surface area contributed by atoms with Crippen LogP contribution >= 0.6 is 0 Å². The lowest BCUT2D eigenvalue weighted by Crippen LogP contribution is -2.13. The van der Waals surface area contributed by atoms with Crippen molar-refractivity contribution < 1.29 is 26.1 Å². The van der Waals surface area contributed by atoms with Crippen molar-refractivity contribution in [1.82, 2.24) is 15.1 Å². The molecule has 0 aliphatic rings. The van der Waals surface area contributed by atoms with Crippen LogP contribution in [-0.4, -0.2) is 23.5 Å². The first-order chi connectivity index (χ1) is 13.7. The summed E-state index contributed by atoms with van der Waals surface area (Å²) in [7, 11) is -3.92. The van der Waals surface area contributed by atoms with Gasteiger partial charge in [-0.1, -0.05) is 11.2 Å². The quantitative estimate of drug-likeness (QED) is 0.534. The smallest absolute Gasteiger partial charge is 0.329 e. The van der Waals surface area contributed by atoms with Gasteiger partial charge in [-0.3, -0.25) is 9.71 Å². The van der Waals surface area contributed by atoms with Crippen LogP contribution in [0.25, 0.3) is 22.3 Å². The van der Waals surface area contributed by atoms with Gasteiger partial charge in [0.2, 0.25) is 5.82 Å². The number of alkyl halides is 3. The van der Waals surface area contributed by atoms with E-state index in [1.807, 2.05) is 0 Å². The maximum atomic E-state index is 12.8. The van der Waals surface area contributed by atoms with Gasteiger partial charge < -0.3 is 4.52 Å². The van der Waals surface area contributed by atoms with Gasteiger partial charge in [-0.25, -0.2) is 8.42 Å². The second kappa shape index (κ2) is 6.85. The van der Waals surface area contributed by atoms with Crippen LogP contribution < -0.4 is 4.72 Å². The van der Waals surface area contributed by atoms with Crippen LogP contribution in [0.15, 0.2) is 70.2 Å². The zero-order valence-corrected chi connectivity index (χ0v) is 15.2. The van der Waals surface area contributed by atoms with Gasteiger partial charge in [0.25, 0.3) is 10.0 Å². The maximum absolute atomic E-state index is 12.8. The van der Waals surface area contributed by atoms with Crippen LogP contribution in [0.3, 0.4) is 0 Å². The highest BCUT2D eigenvalue weighted by Gasteiger charge is 2.38. The highest BCUT2D eigenvalue weighted by atomic mass is 32.2. The number of benzene rings is 2. The molecule has 0 atom stereocenters. The van der Waals surface area contributed by atoms with Crippen LogP contribution in [0.4, 0.5) is 18.9 Å². The lowest BCUT2D eigenvalue weighted by Gasteiger charge is -2.10. The first-order valence-electron chi connectivity index (χ1n) is 8.12. The van der Waals surface area contributed by atoms with Crippen LogP contribution in [-0.2, 0) is 16.2 Å². The minimum absolute atomic E-state index is 0.0557. The van der Waals surface area contributed by atoms with Gasteiger partial charge in [0, 0.05) is 22.8 Å². The van der Waals surface area contributed by atoms with Crippen molar-refractivity contribution in [3.05, 3.63) is 66.7 Å². The van der Waals surface area contributed by atoms with E-state index in [0.717, 1.165) is 0 Å². The summed E-state index contributed by atoms with van der Waals surface area (Å²) in [6.45, 7) is 0. The zero-order valence-electron chi connectivity index (χ0n) is 14.4. The fraction of sp³-hybridized carbons (Fsp3) is 0.0556. The van der Waals surface area contributed by atoms with Gasteiger partial charge in [-0.2, -0.15) is 18.2 Å². The largest absolute Gasteiger partial charge is 0.471 e. The SMILES string of the molecule is O=S(=O)(Nc1ccc(-c2noc(C(F)(F)F)n2)cc1)c1cccc2ncccc12. The number of aromatic nitrogens is 3. The Balaban J connectivity index is 1.61. The van der Waals surface area contributed by atoms with Crippen LogP contribution in [0.5, 0.6) is 0 Å². The molecule has 0 aliphatic carbocycles. The molecule has 148 valence electrons. The number of hydrogen-bond acceptors (Lipinski definition) is 6. The minimum atomic E-state index is -4.74. The Labute approximate surface area is 162 Å². The number of fused-ring (bicyclic) bond motifs is 1. The van der Waals surface area contributed by atoms with E-state index in [2.05, 4.69) is 24.4 Å². The normalized spacial score (nSPS) is 12.2. The average molecular weight is 420 g/mol. The molecule has 0 bridgehead atoms. The van der Waals surface area contributed by atoms with E-state index in [1.165, 1.54) is 30.3 Å². The Kier molecular flexibility index (Phi) is 4.46. The van der Waals surface area contributed by atoms with Crippen molar-refractivity contribution in [1.29, 1.82) is 0 Å². The van der Waals surface area contributed by atoms with E-state index >= 15 is 0 Å². The molecule has 2 aromatic carbocycles. The summed E-state index contributed by atoms with van der Waals surface area (Å²) in [4.78, 5) is 7.48. The standard InChI is InChI=1S/C18H11F3N4O3S/c19-18(20,21)17-23-16(24-28-17)11-6-8-12(9-7-11)25-29(26,27)15-5-1-4-14-13(15)3-2-10-22-14/h1-10,25H. The first kappa shape index (κ1) is 18.9. The molecule has 0 aliphatic heterocycles. The van der Waals surface area contributed by atoms with E-state index in [1.54, 1.807) is 30.5 Å². The number of anilines is 1. The van der Waals surface area contributed by atoms with E-state index in [0.29, 0.717) is 10.9 Å². The number of halogens is 3. The summed E-state index contributed by atoms with van der Waals surface area (Å²) in [5.74, 6) is -1.71. The van der Waals surface area contributed by atoms with E-state index < -0.39 is 22.1 Å². The van der Waals surface area contributed by atoms with Crippen LogP contribution in [0.1, 0.15) is 5.89 Å². The molecule has 0 saturated carbocycles. The summed E-state index contributed by atoms with van der Waals surface area (Å²) in [5, 5.41) is 3.75. The predicted molar refractivity (Wildman–Crippen MR) is 97.3 cm³/mol. The molecule has 1 N–H and O–H groups in total. The Hall–Kier alpha value is -3.47. The van der Waals surface area contributed by atoms with Gasteiger partial charge in [0.05, 0.1) is 10.4 Å². The number of hydrogen-bond donors (Lipinski definition) is 1. The molecule has 0 radical (unpaired) electrons. The molecule has 0 fully saturated rings. The van der Waals surface area contributed by atoms with Crippen LogP contribution in [0, 0.1) is 0 Å². The number of pyridine rings is 1. The Morgan fingerprint density at radius 2 is 1.72 bits per heavy atom. The Morgan fingerprint density at radius 3 is 2.41 bits per heavy atom. The number of nitrogens with one attached hydrogen (secondary N) is 1. The van der Waals surface area contributed by atoms with E-state index in [4.69, 9.17) is 0 Å². The average Bonchev–Trinajstić information content (AvgIpc) is 3.18. The molecule has 4 aromatic rings. The van der Waals surface area contributed by atoms with E-state index in [9.17, 15) is 21.6 Å². The third kappa shape index (κ3) is 3.76. The molecule has 0 saturated heterocycles. The Morgan fingerprint density at radius 1 is 0.966 bits per heavy atom. The predicted octanol–water partition coefficient (Wildman–Crippen LogP) is 4.10. The minimum Gasteiger partial charge on any atom is -0.329 e. The second-order valence-corrected chi connectivity index (χ2v) is 7.58. The summed E-state index contributed by atoms with van der Waals surface area (Å²) in [5.41, 5.74) is 0.985. The highest BCUT2D eigenvalue weighted by molar-refractivity contribution is 7.93. The maximum Gasteiger partial charge on any atom is 0.471 e. The zero-order chi connectivity index (χ0) is 20.6. The number of rotatable bonds is 4. The molecule has 7 nitrogen and oxygen atoms in total. The number of sulfonamides is 1. The molecule has 11 heteroatoms.